The van der Waals surface area contributed by atoms with Crippen molar-refractivity contribution in [2.45, 2.75) is 31.1 Å². The number of anilines is 1. The van der Waals surface area contributed by atoms with E-state index in [0.29, 0.717) is 34.5 Å². The molecule has 1 aromatic rings. The Morgan fingerprint density at radius 2 is 2.20 bits per heavy atom. The van der Waals surface area contributed by atoms with Gasteiger partial charge in [0, 0.05) is 16.7 Å². The third kappa shape index (κ3) is 3.80. The van der Waals surface area contributed by atoms with Crippen molar-refractivity contribution >= 4 is 50.0 Å². The molecular formula is C16H19ClN2O4S2. The van der Waals surface area contributed by atoms with Crippen LogP contribution in [0.25, 0.3) is 0 Å². The van der Waals surface area contributed by atoms with Gasteiger partial charge in [0.1, 0.15) is 5.75 Å². The summed E-state index contributed by atoms with van der Waals surface area (Å²) >= 11 is 7.48. The van der Waals surface area contributed by atoms with Gasteiger partial charge in [0.15, 0.2) is 15.0 Å². The Balaban J connectivity index is 2.07. The molecule has 2 unspecified atom stereocenters. The molecule has 2 heterocycles. The molecule has 0 aromatic heterocycles. The molecular weight excluding hydrogens is 384 g/mol. The van der Waals surface area contributed by atoms with Gasteiger partial charge in [0.2, 0.25) is 5.91 Å². The number of sulfone groups is 1. The molecule has 1 aromatic carbocycles. The van der Waals surface area contributed by atoms with Crippen LogP contribution in [0.4, 0.5) is 5.69 Å². The number of halogens is 1. The number of carbonyl (C=O) groups is 1. The molecule has 2 saturated heterocycles. The zero-order valence-corrected chi connectivity index (χ0v) is 16.3. The predicted octanol–water partition coefficient (Wildman–Crippen LogP) is 2.75. The van der Waals surface area contributed by atoms with Crippen molar-refractivity contribution in [3.05, 3.63) is 23.2 Å². The lowest BCUT2D eigenvalue weighted by atomic mass is 10.2. The third-order valence-corrected chi connectivity index (χ3v) is 7.60. The summed E-state index contributed by atoms with van der Waals surface area (Å²) in [5, 5.41) is 0.870. The van der Waals surface area contributed by atoms with Gasteiger partial charge < -0.3 is 9.64 Å². The Morgan fingerprint density at radius 1 is 1.44 bits per heavy atom. The highest BCUT2D eigenvalue weighted by atomic mass is 35.5. The first-order valence-corrected chi connectivity index (χ1v) is 11.0. The van der Waals surface area contributed by atoms with Gasteiger partial charge in [-0.15, -0.1) is 0 Å². The van der Waals surface area contributed by atoms with Crippen LogP contribution in [0, 0.1) is 0 Å². The van der Waals surface area contributed by atoms with Crippen LogP contribution < -0.4 is 9.64 Å². The van der Waals surface area contributed by atoms with E-state index in [0.717, 1.165) is 0 Å². The minimum Gasteiger partial charge on any atom is -0.495 e. The van der Waals surface area contributed by atoms with E-state index in [1.54, 1.807) is 23.1 Å². The Kier molecular flexibility index (Phi) is 5.31. The van der Waals surface area contributed by atoms with Crippen LogP contribution in [0.3, 0.4) is 0 Å². The Morgan fingerprint density at radius 3 is 2.88 bits per heavy atom. The first-order valence-electron chi connectivity index (χ1n) is 7.96. The number of aliphatic imine (C=N–C) groups is 1. The summed E-state index contributed by atoms with van der Waals surface area (Å²) in [6.07, 6.45) is 1.07. The highest BCUT2D eigenvalue weighted by Gasteiger charge is 2.50. The number of fused-ring (bicyclic) bond motifs is 1. The van der Waals surface area contributed by atoms with Crippen molar-refractivity contribution in [3.63, 3.8) is 0 Å². The number of ether oxygens (including phenoxy) is 1. The number of nitrogens with zero attached hydrogens (tertiary/aromatic N) is 2. The smallest absolute Gasteiger partial charge is 0.248 e. The lowest BCUT2D eigenvalue weighted by Crippen LogP contribution is -2.38. The van der Waals surface area contributed by atoms with Crippen molar-refractivity contribution in [3.8, 4) is 5.75 Å². The van der Waals surface area contributed by atoms with Gasteiger partial charge in [0.05, 0.1) is 30.3 Å². The zero-order valence-electron chi connectivity index (χ0n) is 13.9. The molecule has 6 nitrogen and oxygen atoms in total. The summed E-state index contributed by atoms with van der Waals surface area (Å²) in [5.74, 6) is 0.466. The molecule has 2 atom stereocenters. The number of carbonyl (C=O) groups excluding carboxylic acids is 1. The third-order valence-electron chi connectivity index (χ3n) is 4.15. The molecule has 1 amide bonds. The van der Waals surface area contributed by atoms with Gasteiger partial charge in [-0.3, -0.25) is 4.79 Å². The van der Waals surface area contributed by atoms with Crippen LogP contribution in [0.15, 0.2) is 23.2 Å². The summed E-state index contributed by atoms with van der Waals surface area (Å²) in [4.78, 5) is 18.1. The largest absolute Gasteiger partial charge is 0.495 e. The van der Waals surface area contributed by atoms with E-state index < -0.39 is 9.84 Å². The molecule has 3 rings (SSSR count). The molecule has 136 valence electrons. The second kappa shape index (κ2) is 7.17. The fraction of sp³-hybridized carbons (Fsp3) is 0.500. The van der Waals surface area contributed by atoms with Crippen LogP contribution in [0.5, 0.6) is 5.75 Å². The zero-order chi connectivity index (χ0) is 18.2. The lowest BCUT2D eigenvalue weighted by molar-refractivity contribution is -0.117. The van der Waals surface area contributed by atoms with E-state index in [9.17, 15) is 13.2 Å². The van der Waals surface area contributed by atoms with Gasteiger partial charge in [-0.2, -0.15) is 4.99 Å². The molecule has 2 aliphatic heterocycles. The van der Waals surface area contributed by atoms with Crippen molar-refractivity contribution in [2.24, 2.45) is 4.99 Å². The second-order valence-corrected chi connectivity index (χ2v) is 9.82. The SMILES string of the molecule is CCCC(=O)N=C1SC2CS(=O)(=O)CC2N1c1cc(Cl)ccc1OC. The predicted molar refractivity (Wildman–Crippen MR) is 102 cm³/mol. The maximum absolute atomic E-state index is 12.1. The molecule has 0 saturated carbocycles. The van der Waals surface area contributed by atoms with E-state index in [1.165, 1.54) is 18.9 Å². The van der Waals surface area contributed by atoms with E-state index >= 15 is 0 Å². The normalized spacial score (nSPS) is 26.0. The minimum absolute atomic E-state index is 0.0291. The molecule has 0 bridgehead atoms. The summed E-state index contributed by atoms with van der Waals surface area (Å²) in [7, 11) is -1.57. The fourth-order valence-electron chi connectivity index (χ4n) is 3.07. The molecule has 2 fully saturated rings. The van der Waals surface area contributed by atoms with Crippen molar-refractivity contribution in [1.82, 2.24) is 0 Å². The van der Waals surface area contributed by atoms with E-state index in [-0.39, 0.29) is 28.7 Å². The van der Waals surface area contributed by atoms with Crippen LogP contribution >= 0.6 is 23.4 Å². The average Bonchev–Trinajstić information content (AvgIpc) is 2.98. The molecule has 0 radical (unpaired) electrons. The summed E-state index contributed by atoms with van der Waals surface area (Å²) in [5.41, 5.74) is 0.634. The number of hydrogen-bond donors (Lipinski definition) is 0. The Labute approximate surface area is 156 Å². The monoisotopic (exact) mass is 402 g/mol. The summed E-state index contributed by atoms with van der Waals surface area (Å²) in [6, 6.07) is 4.86. The fourth-order valence-corrected chi connectivity index (χ4v) is 7.16. The number of amidine groups is 1. The van der Waals surface area contributed by atoms with Gasteiger partial charge in [-0.25, -0.2) is 8.42 Å². The van der Waals surface area contributed by atoms with Gasteiger partial charge >= 0.3 is 0 Å². The van der Waals surface area contributed by atoms with Gasteiger partial charge in [-0.05, 0) is 24.6 Å². The van der Waals surface area contributed by atoms with Crippen molar-refractivity contribution in [1.29, 1.82) is 0 Å². The number of rotatable bonds is 4. The Hall–Kier alpha value is -1.25. The number of thioether (sulfide) groups is 1. The van der Waals surface area contributed by atoms with Gasteiger partial charge in [-0.1, -0.05) is 30.3 Å². The van der Waals surface area contributed by atoms with Gasteiger partial charge in [0.25, 0.3) is 0 Å². The van der Waals surface area contributed by atoms with E-state index in [2.05, 4.69) is 4.99 Å². The van der Waals surface area contributed by atoms with Crippen LogP contribution in [-0.4, -0.2) is 49.4 Å². The maximum atomic E-state index is 12.1. The highest BCUT2D eigenvalue weighted by Crippen LogP contribution is 2.44. The van der Waals surface area contributed by atoms with Crippen LogP contribution in [0.2, 0.25) is 5.02 Å². The Bertz CT molecular complexity index is 825. The minimum atomic E-state index is -3.11. The van der Waals surface area contributed by atoms with Crippen molar-refractivity contribution in [2.75, 3.05) is 23.5 Å². The summed E-state index contributed by atoms with van der Waals surface area (Å²) in [6.45, 7) is 1.92. The van der Waals surface area contributed by atoms with Crippen molar-refractivity contribution < 1.29 is 17.9 Å². The first kappa shape index (κ1) is 18.5. The van der Waals surface area contributed by atoms with E-state index in [4.69, 9.17) is 16.3 Å². The topological polar surface area (TPSA) is 76.0 Å². The standard InChI is InChI=1S/C16H19ClN2O4S2/c1-3-4-15(20)18-16-19(11-7-10(17)5-6-13(11)23-2)12-8-25(21,22)9-14(12)24-16/h5-7,12,14H,3-4,8-9H2,1-2H3. The van der Waals surface area contributed by atoms with Crippen LogP contribution in [-0.2, 0) is 14.6 Å². The number of amides is 1. The number of methoxy groups -OCH3 is 1. The molecule has 0 spiro atoms. The lowest BCUT2D eigenvalue weighted by Gasteiger charge is -2.26. The number of benzene rings is 1. The first-order chi connectivity index (χ1) is 11.8. The summed E-state index contributed by atoms with van der Waals surface area (Å²) < 4.78 is 29.6. The van der Waals surface area contributed by atoms with E-state index in [1.807, 2.05) is 6.92 Å². The second-order valence-electron chi connectivity index (χ2n) is 6.02. The quantitative estimate of drug-likeness (QED) is 0.770. The highest BCUT2D eigenvalue weighted by molar-refractivity contribution is 8.16. The van der Waals surface area contributed by atoms with Crippen LogP contribution in [0.1, 0.15) is 19.8 Å². The molecule has 0 aliphatic carbocycles. The number of hydrogen-bond acceptors (Lipinski definition) is 5. The molecule has 25 heavy (non-hydrogen) atoms. The maximum Gasteiger partial charge on any atom is 0.248 e. The molecule has 9 heteroatoms. The molecule has 2 aliphatic rings. The molecule has 0 N–H and O–H groups in total. The average molecular weight is 403 g/mol.